The van der Waals surface area contributed by atoms with Crippen LogP contribution in [0.4, 0.5) is 4.79 Å². The van der Waals surface area contributed by atoms with Crippen molar-refractivity contribution in [1.29, 1.82) is 0 Å². The van der Waals surface area contributed by atoms with Gasteiger partial charge < -0.3 is 15.0 Å². The molecule has 1 aliphatic carbocycles. The highest BCUT2D eigenvalue weighted by Gasteiger charge is 2.49. The fourth-order valence-corrected chi connectivity index (χ4v) is 4.75. The zero-order valence-electron chi connectivity index (χ0n) is 12.0. The number of piperidine rings is 1. The van der Waals surface area contributed by atoms with Crippen molar-refractivity contribution in [1.82, 2.24) is 10.2 Å². The molecular formula is C15H25ClN2O2. The summed E-state index contributed by atoms with van der Waals surface area (Å²) in [6.07, 6.45) is 10.5. The third kappa shape index (κ3) is 2.41. The highest BCUT2D eigenvalue weighted by atomic mass is 35.5. The Morgan fingerprint density at radius 3 is 2.35 bits per heavy atom. The molecule has 5 heteroatoms. The van der Waals surface area contributed by atoms with Crippen LogP contribution in [0.1, 0.15) is 57.8 Å². The van der Waals surface area contributed by atoms with E-state index in [1.54, 1.807) is 0 Å². The first-order valence-corrected chi connectivity index (χ1v) is 8.00. The summed E-state index contributed by atoms with van der Waals surface area (Å²) in [5.74, 6) is 0. The van der Waals surface area contributed by atoms with Gasteiger partial charge in [-0.1, -0.05) is 12.8 Å². The second kappa shape index (κ2) is 5.38. The Labute approximate surface area is 127 Å². The monoisotopic (exact) mass is 300 g/mol. The van der Waals surface area contributed by atoms with E-state index in [0.29, 0.717) is 18.1 Å². The Hall–Kier alpha value is -0.480. The zero-order valence-corrected chi connectivity index (χ0v) is 12.8. The number of ether oxygens (including phenoxy) is 1. The number of amides is 1. The van der Waals surface area contributed by atoms with Crippen molar-refractivity contribution in [3.05, 3.63) is 0 Å². The lowest BCUT2D eigenvalue weighted by atomic mass is 9.83. The summed E-state index contributed by atoms with van der Waals surface area (Å²) in [4.78, 5) is 14.4. The first-order valence-electron chi connectivity index (χ1n) is 8.00. The molecule has 0 aromatic heterocycles. The molecule has 4 aliphatic rings. The third-order valence-electron chi connectivity index (χ3n) is 5.68. The number of nitrogens with one attached hydrogen (secondary N) is 1. The van der Waals surface area contributed by atoms with Crippen molar-refractivity contribution in [3.63, 3.8) is 0 Å². The second-order valence-corrected chi connectivity index (χ2v) is 6.98. The first kappa shape index (κ1) is 14.5. The number of hydrogen-bond acceptors (Lipinski definition) is 3. The molecule has 1 N–H and O–H groups in total. The number of rotatable bonds is 1. The van der Waals surface area contributed by atoms with Crippen LogP contribution in [-0.2, 0) is 4.74 Å². The van der Waals surface area contributed by atoms with Gasteiger partial charge in [0.25, 0.3) is 0 Å². The lowest BCUT2D eigenvalue weighted by molar-refractivity contribution is -0.0808. The minimum atomic E-state index is -0.136. The summed E-state index contributed by atoms with van der Waals surface area (Å²) in [5.41, 5.74) is -0.136. The van der Waals surface area contributed by atoms with Gasteiger partial charge in [0, 0.05) is 43.9 Å². The maximum Gasteiger partial charge on any atom is 0.410 e. The quantitative estimate of drug-likeness (QED) is 0.809. The van der Waals surface area contributed by atoms with Gasteiger partial charge in [-0.25, -0.2) is 4.79 Å². The van der Waals surface area contributed by atoms with Gasteiger partial charge >= 0.3 is 6.09 Å². The molecule has 0 aromatic rings. The molecule has 1 spiro atoms. The van der Waals surface area contributed by atoms with Gasteiger partial charge in [0.05, 0.1) is 0 Å². The molecule has 0 aromatic carbocycles. The van der Waals surface area contributed by atoms with E-state index in [1.165, 1.54) is 38.5 Å². The molecule has 2 bridgehead atoms. The fourth-order valence-electron chi connectivity index (χ4n) is 4.75. The third-order valence-corrected chi connectivity index (χ3v) is 5.68. The summed E-state index contributed by atoms with van der Waals surface area (Å²) in [7, 11) is 0. The topological polar surface area (TPSA) is 41.6 Å². The van der Waals surface area contributed by atoms with Crippen molar-refractivity contribution in [2.45, 2.75) is 81.5 Å². The Kier molecular flexibility index (Phi) is 3.89. The van der Waals surface area contributed by atoms with Gasteiger partial charge in [-0.15, -0.1) is 12.4 Å². The molecule has 114 valence electrons. The van der Waals surface area contributed by atoms with Crippen LogP contribution in [0.5, 0.6) is 0 Å². The van der Waals surface area contributed by atoms with Crippen LogP contribution in [0.25, 0.3) is 0 Å². The lowest BCUT2D eigenvalue weighted by Crippen LogP contribution is -2.58. The van der Waals surface area contributed by atoms with Crippen LogP contribution in [-0.4, -0.2) is 41.3 Å². The minimum Gasteiger partial charge on any atom is -0.443 e. The van der Waals surface area contributed by atoms with Crippen LogP contribution in [0.15, 0.2) is 0 Å². The Bertz CT molecular complexity index is 372. The van der Waals surface area contributed by atoms with Gasteiger partial charge in [-0.3, -0.25) is 0 Å². The van der Waals surface area contributed by atoms with E-state index >= 15 is 0 Å². The van der Waals surface area contributed by atoms with E-state index in [4.69, 9.17) is 4.74 Å². The molecule has 1 amide bonds. The molecule has 4 rings (SSSR count). The van der Waals surface area contributed by atoms with E-state index in [2.05, 4.69) is 5.32 Å². The number of carbonyl (C=O) groups is 1. The molecule has 1 saturated carbocycles. The van der Waals surface area contributed by atoms with E-state index in [-0.39, 0.29) is 24.1 Å². The van der Waals surface area contributed by atoms with Crippen molar-refractivity contribution in [2.75, 3.05) is 6.54 Å². The molecule has 2 unspecified atom stereocenters. The second-order valence-electron chi connectivity index (χ2n) is 6.98. The van der Waals surface area contributed by atoms with Crippen LogP contribution >= 0.6 is 12.4 Å². The average Bonchev–Trinajstić information content (AvgIpc) is 3.00. The summed E-state index contributed by atoms with van der Waals surface area (Å²) in [6.45, 7) is 0.920. The number of carbonyl (C=O) groups excluding carboxylic acids is 1. The van der Waals surface area contributed by atoms with E-state index in [9.17, 15) is 4.79 Å². The van der Waals surface area contributed by atoms with Gasteiger partial charge in [0.2, 0.25) is 0 Å². The molecule has 20 heavy (non-hydrogen) atoms. The minimum absolute atomic E-state index is 0. The van der Waals surface area contributed by atoms with Crippen molar-refractivity contribution < 1.29 is 9.53 Å². The van der Waals surface area contributed by atoms with Crippen LogP contribution in [0.2, 0.25) is 0 Å². The molecule has 4 fully saturated rings. The summed E-state index contributed by atoms with van der Waals surface area (Å²) in [6, 6.07) is 1.64. The zero-order chi connectivity index (χ0) is 12.9. The maximum atomic E-state index is 12.4. The smallest absolute Gasteiger partial charge is 0.410 e. The number of halogens is 1. The molecular weight excluding hydrogens is 276 g/mol. The standard InChI is InChI=1S/C15H24N2O2.ClH/c18-14-17(13-3-1-2-4-13)8-7-15(19-14)9-11-5-6-12(10-15)16-11;/h11-13,16H,1-10H2;1H. The maximum absolute atomic E-state index is 12.4. The SMILES string of the molecule is Cl.O=C1OC2(CCN1C1CCCC1)CC1CCC(C2)N1. The normalized spacial score (nSPS) is 40.8. The fraction of sp³-hybridized carbons (Fsp3) is 0.933. The van der Waals surface area contributed by atoms with Crippen LogP contribution in [0.3, 0.4) is 0 Å². The summed E-state index contributed by atoms with van der Waals surface area (Å²) >= 11 is 0. The van der Waals surface area contributed by atoms with Crippen molar-refractivity contribution in [2.24, 2.45) is 0 Å². The molecule has 3 heterocycles. The predicted octanol–water partition coefficient (Wildman–Crippen LogP) is 2.85. The Morgan fingerprint density at radius 1 is 1.10 bits per heavy atom. The van der Waals surface area contributed by atoms with Crippen LogP contribution < -0.4 is 5.32 Å². The largest absolute Gasteiger partial charge is 0.443 e. The highest BCUT2D eigenvalue weighted by Crippen LogP contribution is 2.42. The summed E-state index contributed by atoms with van der Waals surface area (Å²) < 4.78 is 5.97. The van der Waals surface area contributed by atoms with Crippen molar-refractivity contribution in [3.8, 4) is 0 Å². The molecule has 0 radical (unpaired) electrons. The lowest BCUT2D eigenvalue weighted by Gasteiger charge is -2.47. The number of fused-ring (bicyclic) bond motifs is 2. The highest BCUT2D eigenvalue weighted by molar-refractivity contribution is 5.85. The Morgan fingerprint density at radius 2 is 1.75 bits per heavy atom. The first-order chi connectivity index (χ1) is 9.24. The predicted molar refractivity (Wildman–Crippen MR) is 79.2 cm³/mol. The van der Waals surface area contributed by atoms with E-state index < -0.39 is 0 Å². The van der Waals surface area contributed by atoms with Gasteiger partial charge in [0.15, 0.2) is 0 Å². The van der Waals surface area contributed by atoms with Crippen LogP contribution in [0, 0.1) is 0 Å². The van der Waals surface area contributed by atoms with Crippen molar-refractivity contribution >= 4 is 18.5 Å². The summed E-state index contributed by atoms with van der Waals surface area (Å²) in [5, 5.41) is 3.64. The van der Waals surface area contributed by atoms with E-state index in [1.807, 2.05) is 4.90 Å². The average molecular weight is 301 g/mol. The molecule has 2 atom stereocenters. The Balaban J connectivity index is 0.00000121. The van der Waals surface area contributed by atoms with E-state index in [0.717, 1.165) is 25.8 Å². The van der Waals surface area contributed by atoms with Gasteiger partial charge in [-0.2, -0.15) is 0 Å². The van der Waals surface area contributed by atoms with Gasteiger partial charge in [0.1, 0.15) is 5.60 Å². The van der Waals surface area contributed by atoms with Gasteiger partial charge in [-0.05, 0) is 25.7 Å². The molecule has 4 nitrogen and oxygen atoms in total. The molecule has 3 aliphatic heterocycles. The molecule has 3 saturated heterocycles. The number of hydrogen-bond donors (Lipinski definition) is 1. The number of nitrogens with zero attached hydrogens (tertiary/aromatic N) is 1.